The Hall–Kier alpha value is -6.80. The molecule has 0 amide bonds. The molecule has 12 rings (SSSR count). The summed E-state index contributed by atoms with van der Waals surface area (Å²) < 4.78 is 10.0. The van der Waals surface area contributed by atoms with Crippen LogP contribution in [0.1, 0.15) is 35.1 Å². The van der Waals surface area contributed by atoms with Crippen LogP contribution in [0.4, 0.5) is 34.1 Å². The first-order chi connectivity index (χ1) is 28.6. The van der Waals surface area contributed by atoms with Gasteiger partial charge < -0.3 is 0 Å². The SMILES string of the molecule is C1=[N+]2CCC[N+]3=Cc4ccccc4N(c4ccccc4)C23N(c2ccccc2)c2ccccc21.CN1c2ccccc2C=[N+]2CCC[N+]3=Cc4ccccc4N(C)C123. The Morgan fingerprint density at radius 2 is 0.638 bits per heavy atom. The summed E-state index contributed by atoms with van der Waals surface area (Å²) in [5.74, 6) is -0.884. The average Bonchev–Trinajstić information content (AvgIpc) is 3.27. The largest absolute Gasteiger partial charge is 0.541 e. The van der Waals surface area contributed by atoms with E-state index in [1.165, 1.54) is 62.8 Å². The van der Waals surface area contributed by atoms with Crippen molar-refractivity contribution in [1.29, 1.82) is 0 Å². The predicted octanol–water partition coefficient (Wildman–Crippen LogP) is 7.73. The van der Waals surface area contributed by atoms with E-state index in [4.69, 9.17) is 0 Å². The molecule has 58 heavy (non-hydrogen) atoms. The lowest BCUT2D eigenvalue weighted by molar-refractivity contribution is -0.843. The zero-order valence-corrected chi connectivity index (χ0v) is 33.1. The Bertz CT molecular complexity index is 2510. The summed E-state index contributed by atoms with van der Waals surface area (Å²) in [6.45, 7) is 4.09. The third-order valence-corrected chi connectivity index (χ3v) is 12.8. The summed E-state index contributed by atoms with van der Waals surface area (Å²) in [4.78, 5) is 9.91. The van der Waals surface area contributed by atoms with Crippen molar-refractivity contribution in [2.24, 2.45) is 0 Å². The van der Waals surface area contributed by atoms with Crippen LogP contribution in [0.2, 0.25) is 0 Å². The second-order valence-electron chi connectivity index (χ2n) is 15.9. The van der Waals surface area contributed by atoms with Gasteiger partial charge in [-0.05, 0) is 72.8 Å². The fourth-order valence-electron chi connectivity index (χ4n) is 10.5. The molecule has 6 aliphatic heterocycles. The number of benzene rings is 6. The van der Waals surface area contributed by atoms with Crippen LogP contribution in [0.25, 0.3) is 0 Å². The van der Waals surface area contributed by atoms with Gasteiger partial charge in [0.25, 0.3) is 0 Å². The molecule has 6 aliphatic rings. The summed E-state index contributed by atoms with van der Waals surface area (Å²) in [6, 6.07) is 56.5. The smallest absolute Gasteiger partial charge is 0.234 e. The van der Waals surface area contributed by atoms with Gasteiger partial charge in [-0.25, -0.2) is 9.80 Å². The van der Waals surface area contributed by atoms with Gasteiger partial charge in [0.15, 0.2) is 51.0 Å². The number of fused-ring (bicyclic) bond motifs is 4. The summed E-state index contributed by atoms with van der Waals surface area (Å²) >= 11 is 0. The molecule has 0 N–H and O–H groups in total. The molecular weight excluding hydrogens is 713 g/mol. The molecule has 0 saturated carbocycles. The number of hydrogen-bond donors (Lipinski definition) is 0. The van der Waals surface area contributed by atoms with Gasteiger partial charge >= 0.3 is 11.8 Å². The first kappa shape index (κ1) is 34.4. The Morgan fingerprint density at radius 1 is 0.345 bits per heavy atom. The van der Waals surface area contributed by atoms with E-state index in [-0.39, 0.29) is 5.91 Å². The van der Waals surface area contributed by atoms with E-state index < -0.39 is 5.91 Å². The van der Waals surface area contributed by atoms with E-state index in [2.05, 4.69) is 235 Å². The monoisotopic (exact) mass is 760 g/mol. The molecule has 0 aromatic heterocycles. The minimum atomic E-state index is -0.580. The highest BCUT2D eigenvalue weighted by Gasteiger charge is 2.70. The van der Waals surface area contributed by atoms with Gasteiger partial charge in [-0.1, -0.05) is 84.9 Å². The molecule has 6 heterocycles. The van der Waals surface area contributed by atoms with Gasteiger partial charge in [-0.3, -0.25) is 0 Å². The van der Waals surface area contributed by atoms with E-state index in [0.717, 1.165) is 32.6 Å². The number of hydrogen-bond acceptors (Lipinski definition) is 4. The van der Waals surface area contributed by atoms with Crippen molar-refractivity contribution in [3.63, 3.8) is 0 Å². The van der Waals surface area contributed by atoms with Crippen molar-refractivity contribution in [1.82, 2.24) is 0 Å². The summed E-state index contributed by atoms with van der Waals surface area (Å²) in [5, 5.41) is 0. The minimum Gasteiger partial charge on any atom is -0.234 e. The molecule has 0 aliphatic carbocycles. The summed E-state index contributed by atoms with van der Waals surface area (Å²) in [7, 11) is 4.44. The van der Waals surface area contributed by atoms with Crippen LogP contribution < -0.4 is 19.6 Å². The summed E-state index contributed by atoms with van der Waals surface area (Å²) in [6.07, 6.45) is 11.7. The van der Waals surface area contributed by atoms with Gasteiger partial charge in [-0.2, -0.15) is 9.80 Å². The van der Waals surface area contributed by atoms with Crippen LogP contribution in [0, 0.1) is 0 Å². The molecular formula is C50H48N8+4. The predicted molar refractivity (Wildman–Crippen MR) is 236 cm³/mol. The van der Waals surface area contributed by atoms with Gasteiger partial charge in [0, 0.05) is 14.1 Å². The number of para-hydroxylation sites is 6. The molecule has 8 nitrogen and oxygen atoms in total. The number of anilines is 6. The fourth-order valence-corrected chi connectivity index (χ4v) is 10.5. The van der Waals surface area contributed by atoms with E-state index in [1.54, 1.807) is 0 Å². The molecule has 6 aromatic carbocycles. The van der Waals surface area contributed by atoms with Crippen molar-refractivity contribution in [3.05, 3.63) is 180 Å². The Kier molecular flexibility index (Phi) is 7.96. The first-order valence-corrected chi connectivity index (χ1v) is 20.6. The zero-order chi connectivity index (χ0) is 38.8. The average molecular weight is 761 g/mol. The van der Waals surface area contributed by atoms with Crippen LogP contribution >= 0.6 is 0 Å². The van der Waals surface area contributed by atoms with E-state index in [1.807, 2.05) is 0 Å². The molecule has 6 aromatic rings. The number of rotatable bonds is 2. The topological polar surface area (TPSA) is 25.0 Å². The maximum atomic E-state index is 2.53. The van der Waals surface area contributed by atoms with Crippen molar-refractivity contribution in [2.45, 2.75) is 24.7 Å². The van der Waals surface area contributed by atoms with Gasteiger partial charge in [0.2, 0.25) is 0 Å². The molecule has 2 saturated heterocycles. The molecule has 2 fully saturated rings. The van der Waals surface area contributed by atoms with Crippen LogP contribution in [0.5, 0.6) is 0 Å². The standard InChI is InChI=1S/C30H26N4.C20H22N4/c1-3-14-26(15-4-1)33-28-18-9-7-12-24(28)22-31-20-11-21-32-23-25-13-8-10-19-29(25)34(30(31,32)33)27-16-5-2-6-17-27;1-21-18-10-5-3-8-16(18)14-23-12-7-13-24-15-17-9-4-6-11-19(17)22(2)20(21,23)24/h1-10,12-19,22-23H,11,20-21H2;3-6,8-11,14-15H,7,12-13H2,1-2H3/q2*+2. The van der Waals surface area contributed by atoms with Crippen LogP contribution in [0.3, 0.4) is 0 Å². The third-order valence-electron chi connectivity index (χ3n) is 12.8. The highest BCUT2D eigenvalue weighted by Crippen LogP contribution is 2.49. The van der Waals surface area contributed by atoms with E-state index >= 15 is 0 Å². The zero-order valence-electron chi connectivity index (χ0n) is 33.1. The van der Waals surface area contributed by atoms with Crippen molar-refractivity contribution in [2.75, 3.05) is 59.9 Å². The van der Waals surface area contributed by atoms with Crippen molar-refractivity contribution >= 4 is 59.0 Å². The second kappa shape index (κ2) is 13.4. The molecule has 0 unspecified atom stereocenters. The lowest BCUT2D eigenvalue weighted by atomic mass is 10.0. The summed E-state index contributed by atoms with van der Waals surface area (Å²) in [5.41, 5.74) is 12.4. The molecule has 284 valence electrons. The van der Waals surface area contributed by atoms with Crippen LogP contribution in [-0.4, -0.2) is 95.3 Å². The molecule has 0 bridgehead atoms. The quantitative estimate of drug-likeness (QED) is 0.169. The Labute approximate surface area is 340 Å². The molecule has 0 atom stereocenters. The Morgan fingerprint density at radius 3 is 1.02 bits per heavy atom. The van der Waals surface area contributed by atoms with Crippen molar-refractivity contribution < 1.29 is 18.3 Å². The van der Waals surface area contributed by atoms with E-state index in [0.29, 0.717) is 0 Å². The number of nitrogens with zero attached hydrogens (tertiary/aromatic N) is 8. The van der Waals surface area contributed by atoms with Crippen LogP contribution in [0.15, 0.2) is 158 Å². The molecule has 0 radical (unpaired) electrons. The highest BCUT2D eigenvalue weighted by atomic mass is 15.7. The fraction of sp³-hybridized carbons (Fsp3) is 0.200. The maximum Gasteiger partial charge on any atom is 0.541 e. The lowest BCUT2D eigenvalue weighted by Gasteiger charge is -2.48. The lowest BCUT2D eigenvalue weighted by Crippen LogP contribution is -2.76. The van der Waals surface area contributed by atoms with Gasteiger partial charge in [0.1, 0.15) is 0 Å². The van der Waals surface area contributed by atoms with E-state index in [9.17, 15) is 0 Å². The van der Waals surface area contributed by atoms with Gasteiger partial charge in [0.05, 0.1) is 69.2 Å². The maximum absolute atomic E-state index is 2.53. The highest BCUT2D eigenvalue weighted by molar-refractivity contribution is 5.94. The third kappa shape index (κ3) is 4.87. The van der Waals surface area contributed by atoms with Crippen LogP contribution in [-0.2, 0) is 0 Å². The second-order valence-corrected chi connectivity index (χ2v) is 15.9. The first-order valence-electron chi connectivity index (χ1n) is 20.6. The Balaban J connectivity index is 0.000000141. The molecule has 8 heteroatoms. The molecule has 2 spiro atoms. The minimum absolute atomic E-state index is 0.305. The van der Waals surface area contributed by atoms with Crippen molar-refractivity contribution in [3.8, 4) is 0 Å². The normalized spacial score (nSPS) is 18.7. The van der Waals surface area contributed by atoms with Gasteiger partial charge in [-0.15, -0.1) is 18.3 Å².